The van der Waals surface area contributed by atoms with Crippen molar-refractivity contribution in [2.45, 2.75) is 18.4 Å². The Morgan fingerprint density at radius 2 is 2.06 bits per heavy atom. The largest absolute Gasteiger partial charge is 0.490 e. The molecule has 3 nitrogen and oxygen atoms in total. The number of piperidine rings is 1. The van der Waals surface area contributed by atoms with Crippen molar-refractivity contribution in [2.24, 2.45) is 0 Å². The molecule has 0 spiro atoms. The van der Waals surface area contributed by atoms with E-state index in [1.54, 1.807) is 6.07 Å². The van der Waals surface area contributed by atoms with Crippen LogP contribution in [0.25, 0.3) is 0 Å². The van der Waals surface area contributed by atoms with Crippen LogP contribution in [0.1, 0.15) is 12.8 Å². The van der Waals surface area contributed by atoms with Crippen molar-refractivity contribution in [3.8, 4) is 5.75 Å². The summed E-state index contributed by atoms with van der Waals surface area (Å²) in [6, 6.07) is 4.37. The van der Waals surface area contributed by atoms with Gasteiger partial charge in [-0.25, -0.2) is 4.39 Å². The minimum atomic E-state index is -0.802. The lowest BCUT2D eigenvalue weighted by molar-refractivity contribution is -0.0286. The molecular formula is C12H15BrFNO2. The summed E-state index contributed by atoms with van der Waals surface area (Å²) >= 11 is 3.20. The van der Waals surface area contributed by atoms with Crippen LogP contribution in [-0.4, -0.2) is 30.4 Å². The van der Waals surface area contributed by atoms with E-state index in [2.05, 4.69) is 21.2 Å². The molecule has 0 saturated carbocycles. The molecule has 0 atom stereocenters. The van der Waals surface area contributed by atoms with Gasteiger partial charge < -0.3 is 15.2 Å². The monoisotopic (exact) mass is 303 g/mol. The molecule has 0 radical (unpaired) electrons. The Morgan fingerprint density at radius 3 is 2.71 bits per heavy atom. The van der Waals surface area contributed by atoms with Crippen molar-refractivity contribution in [2.75, 3.05) is 19.7 Å². The van der Waals surface area contributed by atoms with Gasteiger partial charge in [-0.2, -0.15) is 0 Å². The second kappa shape index (κ2) is 5.33. The number of hydrogen-bond donors (Lipinski definition) is 2. The molecule has 1 aliphatic heterocycles. The van der Waals surface area contributed by atoms with Crippen LogP contribution in [0.4, 0.5) is 4.39 Å². The molecule has 0 aliphatic carbocycles. The highest BCUT2D eigenvalue weighted by Gasteiger charge is 2.29. The molecule has 1 heterocycles. The first-order valence-corrected chi connectivity index (χ1v) is 6.39. The minimum absolute atomic E-state index is 0.199. The Morgan fingerprint density at radius 1 is 1.35 bits per heavy atom. The lowest BCUT2D eigenvalue weighted by Crippen LogP contribution is -2.45. The Labute approximate surface area is 108 Å². The molecule has 2 rings (SSSR count). The van der Waals surface area contributed by atoms with Gasteiger partial charge in [-0.05, 0) is 38.1 Å². The van der Waals surface area contributed by atoms with Gasteiger partial charge in [0.2, 0.25) is 0 Å². The van der Waals surface area contributed by atoms with E-state index < -0.39 is 5.60 Å². The maximum atomic E-state index is 13.1. The predicted molar refractivity (Wildman–Crippen MR) is 66.6 cm³/mol. The van der Waals surface area contributed by atoms with E-state index in [9.17, 15) is 9.50 Å². The first kappa shape index (κ1) is 12.8. The van der Waals surface area contributed by atoms with Gasteiger partial charge in [-0.3, -0.25) is 0 Å². The third-order valence-corrected chi connectivity index (χ3v) is 3.34. The summed E-state index contributed by atoms with van der Waals surface area (Å²) in [5.41, 5.74) is -0.802. The molecular weight excluding hydrogens is 289 g/mol. The summed E-state index contributed by atoms with van der Waals surface area (Å²) in [5.74, 6) is 0.0792. The van der Waals surface area contributed by atoms with Gasteiger partial charge in [0.1, 0.15) is 23.8 Å². The number of ether oxygens (including phenoxy) is 1. The number of hydrogen-bond acceptors (Lipinski definition) is 3. The predicted octanol–water partition coefficient (Wildman–Crippen LogP) is 2.08. The van der Waals surface area contributed by atoms with Crippen LogP contribution in [0.15, 0.2) is 22.7 Å². The Balaban J connectivity index is 1.96. The van der Waals surface area contributed by atoms with E-state index in [-0.39, 0.29) is 12.4 Å². The maximum absolute atomic E-state index is 13.1. The van der Waals surface area contributed by atoms with Crippen LogP contribution in [0.3, 0.4) is 0 Å². The fourth-order valence-electron chi connectivity index (χ4n) is 1.87. The van der Waals surface area contributed by atoms with E-state index in [4.69, 9.17) is 4.74 Å². The van der Waals surface area contributed by atoms with Crippen molar-refractivity contribution >= 4 is 15.9 Å². The summed E-state index contributed by atoms with van der Waals surface area (Å²) in [6.07, 6.45) is 1.31. The summed E-state index contributed by atoms with van der Waals surface area (Å²) in [4.78, 5) is 0. The third-order valence-electron chi connectivity index (χ3n) is 2.88. The molecule has 1 fully saturated rings. The van der Waals surface area contributed by atoms with E-state index in [0.717, 1.165) is 13.1 Å². The van der Waals surface area contributed by atoms with Crippen molar-refractivity contribution in [1.82, 2.24) is 5.32 Å². The molecule has 0 unspecified atom stereocenters. The Kier molecular flexibility index (Phi) is 4.01. The van der Waals surface area contributed by atoms with Crippen LogP contribution < -0.4 is 10.1 Å². The molecule has 0 aromatic heterocycles. The average Bonchev–Trinajstić information content (AvgIpc) is 2.26. The molecule has 0 bridgehead atoms. The Bertz CT molecular complexity index is 374. The van der Waals surface area contributed by atoms with Crippen molar-refractivity contribution in [1.29, 1.82) is 0 Å². The van der Waals surface area contributed by atoms with Crippen molar-refractivity contribution in [3.63, 3.8) is 0 Å². The normalized spacial score (nSPS) is 19.0. The Hall–Kier alpha value is -0.650. The topological polar surface area (TPSA) is 41.5 Å². The van der Waals surface area contributed by atoms with Gasteiger partial charge >= 0.3 is 0 Å². The minimum Gasteiger partial charge on any atom is -0.490 e. The summed E-state index contributed by atoms with van der Waals surface area (Å²) in [7, 11) is 0. The molecule has 94 valence electrons. The molecule has 5 heteroatoms. The fourth-order valence-corrected chi connectivity index (χ4v) is 2.31. The zero-order valence-corrected chi connectivity index (χ0v) is 11.0. The number of nitrogens with one attached hydrogen (secondary N) is 1. The van der Waals surface area contributed by atoms with Gasteiger partial charge in [-0.1, -0.05) is 15.9 Å². The van der Waals surface area contributed by atoms with E-state index >= 15 is 0 Å². The molecule has 1 aromatic carbocycles. The SMILES string of the molecule is OC1(COc2cc(F)cc(Br)c2)CCNCC1. The molecule has 1 aliphatic rings. The van der Waals surface area contributed by atoms with E-state index in [1.807, 2.05) is 0 Å². The van der Waals surface area contributed by atoms with Gasteiger partial charge in [0.15, 0.2) is 0 Å². The molecule has 0 amide bonds. The quantitative estimate of drug-likeness (QED) is 0.898. The van der Waals surface area contributed by atoms with E-state index in [1.165, 1.54) is 12.1 Å². The zero-order chi connectivity index (χ0) is 12.3. The number of aliphatic hydroxyl groups is 1. The van der Waals surface area contributed by atoms with Crippen LogP contribution in [0, 0.1) is 5.82 Å². The molecule has 1 saturated heterocycles. The van der Waals surface area contributed by atoms with Crippen molar-refractivity contribution < 1.29 is 14.2 Å². The summed E-state index contributed by atoms with van der Waals surface area (Å²) in [5, 5.41) is 13.4. The van der Waals surface area contributed by atoms with Gasteiger partial charge in [0.05, 0.1) is 0 Å². The molecule has 2 N–H and O–H groups in total. The van der Waals surface area contributed by atoms with Gasteiger partial charge in [0.25, 0.3) is 0 Å². The van der Waals surface area contributed by atoms with Crippen molar-refractivity contribution in [3.05, 3.63) is 28.5 Å². The molecule has 17 heavy (non-hydrogen) atoms. The van der Waals surface area contributed by atoms with Crippen LogP contribution in [0.2, 0.25) is 0 Å². The first-order chi connectivity index (χ1) is 8.07. The number of benzene rings is 1. The lowest BCUT2D eigenvalue weighted by Gasteiger charge is -2.32. The zero-order valence-electron chi connectivity index (χ0n) is 9.38. The van der Waals surface area contributed by atoms with Crippen LogP contribution >= 0.6 is 15.9 Å². The highest BCUT2D eigenvalue weighted by molar-refractivity contribution is 9.10. The molecule has 1 aromatic rings. The standard InChI is InChI=1S/C12H15BrFNO2/c13-9-5-10(14)7-11(6-9)17-8-12(16)1-3-15-4-2-12/h5-7,15-16H,1-4,8H2. The summed E-state index contributed by atoms with van der Waals surface area (Å²) < 4.78 is 19.2. The van der Waals surface area contributed by atoms with Crippen LogP contribution in [-0.2, 0) is 0 Å². The number of halogens is 2. The number of rotatable bonds is 3. The average molecular weight is 304 g/mol. The third kappa shape index (κ3) is 3.66. The second-order valence-corrected chi connectivity index (χ2v) is 5.28. The first-order valence-electron chi connectivity index (χ1n) is 5.59. The fraction of sp³-hybridized carbons (Fsp3) is 0.500. The van der Waals surface area contributed by atoms with Gasteiger partial charge in [-0.15, -0.1) is 0 Å². The van der Waals surface area contributed by atoms with Gasteiger partial charge in [0, 0.05) is 10.5 Å². The summed E-state index contributed by atoms with van der Waals surface area (Å²) in [6.45, 7) is 1.77. The second-order valence-electron chi connectivity index (χ2n) is 4.37. The van der Waals surface area contributed by atoms with Crippen LogP contribution in [0.5, 0.6) is 5.75 Å². The highest BCUT2D eigenvalue weighted by atomic mass is 79.9. The van der Waals surface area contributed by atoms with E-state index in [0.29, 0.717) is 23.1 Å². The lowest BCUT2D eigenvalue weighted by atomic mass is 9.94. The maximum Gasteiger partial charge on any atom is 0.128 e. The smallest absolute Gasteiger partial charge is 0.128 e. The highest BCUT2D eigenvalue weighted by Crippen LogP contribution is 2.24.